The van der Waals surface area contributed by atoms with Crippen molar-refractivity contribution in [1.82, 2.24) is 15.6 Å². The molecule has 0 spiro atoms. The zero-order chi connectivity index (χ0) is 18.2. The number of thioether (sulfide) groups is 1. The second-order valence-electron chi connectivity index (χ2n) is 6.04. The van der Waals surface area contributed by atoms with Crippen molar-refractivity contribution >= 4 is 52.6 Å². The molecule has 0 saturated carbocycles. The van der Waals surface area contributed by atoms with Gasteiger partial charge in [-0.3, -0.25) is 9.98 Å². The van der Waals surface area contributed by atoms with Gasteiger partial charge in [-0.1, -0.05) is 43.3 Å². The Bertz CT molecular complexity index is 865. The number of hydrogen-bond donors (Lipinski definition) is 2. The fraction of sp³-hybridized carbons (Fsp3) is 0.238. The van der Waals surface area contributed by atoms with Crippen LogP contribution in [-0.2, 0) is 6.54 Å². The first-order valence-corrected chi connectivity index (χ1v) is 9.63. The van der Waals surface area contributed by atoms with Gasteiger partial charge in [0.05, 0.1) is 5.52 Å². The molecule has 0 aliphatic heterocycles. The molecule has 2 aromatic carbocycles. The smallest absolute Gasteiger partial charge is 0.191 e. The van der Waals surface area contributed by atoms with Gasteiger partial charge in [-0.25, -0.2) is 0 Å². The molecule has 6 heteroatoms. The standard InChI is InChI=1S/C21H24N4S.HI/c1-16(26-18-8-4-3-5-9-18)14-24-21(22-2)25-15-17-12-13-23-20-11-7-6-10-19(17)20;/h3-13,16H,14-15H2,1-2H3,(H2,22,24,25);1H. The molecule has 0 saturated heterocycles. The molecule has 0 aliphatic rings. The summed E-state index contributed by atoms with van der Waals surface area (Å²) >= 11 is 1.86. The van der Waals surface area contributed by atoms with Gasteiger partial charge in [0.15, 0.2) is 5.96 Å². The minimum Gasteiger partial charge on any atom is -0.355 e. The van der Waals surface area contributed by atoms with Crippen LogP contribution in [0.2, 0.25) is 0 Å². The van der Waals surface area contributed by atoms with Crippen LogP contribution in [-0.4, -0.2) is 29.8 Å². The van der Waals surface area contributed by atoms with Gasteiger partial charge in [-0.05, 0) is 29.8 Å². The van der Waals surface area contributed by atoms with Crippen molar-refractivity contribution in [2.45, 2.75) is 23.6 Å². The van der Waals surface area contributed by atoms with Crippen molar-refractivity contribution in [3.63, 3.8) is 0 Å². The Kier molecular flexibility index (Phi) is 8.87. The van der Waals surface area contributed by atoms with Gasteiger partial charge < -0.3 is 10.6 Å². The highest BCUT2D eigenvalue weighted by Gasteiger charge is 2.07. The lowest BCUT2D eigenvalue weighted by molar-refractivity contribution is 0.792. The van der Waals surface area contributed by atoms with Crippen LogP contribution in [0.3, 0.4) is 0 Å². The third-order valence-corrected chi connectivity index (χ3v) is 5.16. The number of rotatable bonds is 6. The number of pyridine rings is 1. The van der Waals surface area contributed by atoms with E-state index in [0.717, 1.165) is 18.0 Å². The molecule has 1 aromatic heterocycles. The van der Waals surface area contributed by atoms with E-state index < -0.39 is 0 Å². The van der Waals surface area contributed by atoms with E-state index >= 15 is 0 Å². The third-order valence-electron chi connectivity index (χ3n) is 4.05. The highest BCUT2D eigenvalue weighted by atomic mass is 127. The van der Waals surface area contributed by atoms with Gasteiger partial charge in [0.25, 0.3) is 0 Å². The highest BCUT2D eigenvalue weighted by molar-refractivity contribution is 14.0. The van der Waals surface area contributed by atoms with Crippen molar-refractivity contribution < 1.29 is 0 Å². The second kappa shape index (κ2) is 11.1. The van der Waals surface area contributed by atoms with Crippen LogP contribution in [0.1, 0.15) is 12.5 Å². The lowest BCUT2D eigenvalue weighted by Crippen LogP contribution is -2.39. The number of hydrogen-bond acceptors (Lipinski definition) is 3. The number of benzene rings is 2. The van der Waals surface area contributed by atoms with Gasteiger partial charge in [-0.2, -0.15) is 0 Å². The second-order valence-corrected chi connectivity index (χ2v) is 7.55. The average molecular weight is 492 g/mol. The molecule has 3 rings (SSSR count). The first-order chi connectivity index (χ1) is 12.8. The van der Waals surface area contributed by atoms with Crippen molar-refractivity contribution in [2.75, 3.05) is 13.6 Å². The Labute approximate surface area is 182 Å². The summed E-state index contributed by atoms with van der Waals surface area (Å²) in [5, 5.41) is 8.42. The third kappa shape index (κ3) is 6.39. The van der Waals surface area contributed by atoms with Crippen molar-refractivity contribution in [1.29, 1.82) is 0 Å². The van der Waals surface area contributed by atoms with Gasteiger partial charge in [0, 0.05) is 41.9 Å². The SMILES string of the molecule is CN=C(NCc1ccnc2ccccc12)NCC(C)Sc1ccccc1.I. The number of aliphatic imine (C=N–C) groups is 1. The summed E-state index contributed by atoms with van der Waals surface area (Å²) in [7, 11) is 1.80. The Hall–Kier alpha value is -1.80. The summed E-state index contributed by atoms with van der Waals surface area (Å²) in [6.45, 7) is 3.77. The van der Waals surface area contributed by atoms with Crippen LogP contribution >= 0.6 is 35.7 Å². The Balaban J connectivity index is 0.00000261. The maximum Gasteiger partial charge on any atom is 0.191 e. The Morgan fingerprint density at radius 2 is 1.78 bits per heavy atom. The van der Waals surface area contributed by atoms with Gasteiger partial charge in [-0.15, -0.1) is 35.7 Å². The summed E-state index contributed by atoms with van der Waals surface area (Å²) in [4.78, 5) is 10.0. The molecule has 1 heterocycles. The van der Waals surface area contributed by atoms with Crippen molar-refractivity contribution in [3.05, 3.63) is 72.4 Å². The molecule has 2 N–H and O–H groups in total. The van der Waals surface area contributed by atoms with Gasteiger partial charge >= 0.3 is 0 Å². The summed E-state index contributed by atoms with van der Waals surface area (Å²) in [5.74, 6) is 0.811. The van der Waals surface area contributed by atoms with E-state index in [9.17, 15) is 0 Å². The quantitative estimate of drug-likeness (QED) is 0.227. The summed E-state index contributed by atoms with van der Waals surface area (Å²) < 4.78 is 0. The molecular formula is C21H25IN4S. The molecule has 0 radical (unpaired) electrons. The first-order valence-electron chi connectivity index (χ1n) is 8.75. The van der Waals surface area contributed by atoms with E-state index in [2.05, 4.69) is 63.9 Å². The molecule has 4 nitrogen and oxygen atoms in total. The molecular weight excluding hydrogens is 467 g/mol. The van der Waals surface area contributed by atoms with E-state index in [0.29, 0.717) is 11.8 Å². The fourth-order valence-electron chi connectivity index (χ4n) is 2.72. The number of guanidine groups is 1. The number of fused-ring (bicyclic) bond motifs is 1. The van der Waals surface area contributed by atoms with E-state index in [-0.39, 0.29) is 24.0 Å². The number of halogens is 1. The minimum atomic E-state index is 0. The normalized spacial score (nSPS) is 12.3. The molecule has 0 bridgehead atoms. The molecule has 142 valence electrons. The summed E-state index contributed by atoms with van der Waals surface area (Å²) in [5.41, 5.74) is 2.23. The first kappa shape index (κ1) is 21.5. The Morgan fingerprint density at radius 1 is 1.04 bits per heavy atom. The zero-order valence-corrected chi connectivity index (χ0v) is 18.7. The molecule has 27 heavy (non-hydrogen) atoms. The number of nitrogens with zero attached hydrogens (tertiary/aromatic N) is 2. The van der Waals surface area contributed by atoms with E-state index in [4.69, 9.17) is 0 Å². The maximum atomic E-state index is 4.41. The molecule has 1 atom stereocenters. The lowest BCUT2D eigenvalue weighted by Gasteiger charge is -2.16. The zero-order valence-electron chi connectivity index (χ0n) is 15.6. The predicted octanol–water partition coefficient (Wildman–Crippen LogP) is 4.70. The maximum absolute atomic E-state index is 4.41. The van der Waals surface area contributed by atoms with Crippen molar-refractivity contribution in [2.24, 2.45) is 4.99 Å². The molecule has 0 aliphatic carbocycles. The van der Waals surface area contributed by atoms with Crippen LogP contribution in [0.4, 0.5) is 0 Å². The van der Waals surface area contributed by atoms with E-state index in [1.165, 1.54) is 15.8 Å². The molecule has 0 amide bonds. The van der Waals surface area contributed by atoms with Crippen LogP contribution in [0.25, 0.3) is 10.9 Å². The number of aromatic nitrogens is 1. The Morgan fingerprint density at radius 3 is 2.56 bits per heavy atom. The van der Waals surface area contributed by atoms with Gasteiger partial charge in [0.1, 0.15) is 0 Å². The number of nitrogens with one attached hydrogen (secondary N) is 2. The van der Waals surface area contributed by atoms with Crippen LogP contribution < -0.4 is 10.6 Å². The molecule has 1 unspecified atom stereocenters. The van der Waals surface area contributed by atoms with Crippen LogP contribution in [0.5, 0.6) is 0 Å². The fourth-order valence-corrected chi connectivity index (χ4v) is 3.67. The van der Waals surface area contributed by atoms with Crippen molar-refractivity contribution in [3.8, 4) is 0 Å². The largest absolute Gasteiger partial charge is 0.355 e. The van der Waals surface area contributed by atoms with Crippen LogP contribution in [0.15, 0.2) is 76.7 Å². The highest BCUT2D eigenvalue weighted by Crippen LogP contribution is 2.22. The monoisotopic (exact) mass is 492 g/mol. The topological polar surface area (TPSA) is 49.3 Å². The summed E-state index contributed by atoms with van der Waals surface area (Å²) in [6.07, 6.45) is 1.86. The minimum absolute atomic E-state index is 0. The predicted molar refractivity (Wildman–Crippen MR) is 127 cm³/mol. The van der Waals surface area contributed by atoms with E-state index in [1.54, 1.807) is 7.05 Å². The lowest BCUT2D eigenvalue weighted by atomic mass is 10.1. The average Bonchev–Trinajstić information content (AvgIpc) is 2.69. The van der Waals surface area contributed by atoms with Gasteiger partial charge in [0.2, 0.25) is 0 Å². The summed E-state index contributed by atoms with van der Waals surface area (Å²) in [6, 6.07) is 20.7. The number of para-hydroxylation sites is 1. The van der Waals surface area contributed by atoms with E-state index in [1.807, 2.05) is 42.2 Å². The molecule has 3 aromatic rings. The van der Waals surface area contributed by atoms with Crippen LogP contribution in [0, 0.1) is 0 Å². The molecule has 0 fully saturated rings.